The van der Waals surface area contributed by atoms with Crippen molar-refractivity contribution in [3.63, 3.8) is 0 Å². The Hall–Kier alpha value is -1.46. The minimum Gasteiger partial charge on any atom is -0.242 e. The highest BCUT2D eigenvalue weighted by Gasteiger charge is 2.06. The van der Waals surface area contributed by atoms with Gasteiger partial charge in [0.05, 0.1) is 10.2 Å². The zero-order chi connectivity index (χ0) is 11.7. The van der Waals surface area contributed by atoms with Crippen molar-refractivity contribution >= 4 is 33.3 Å². The molecule has 84 valence electrons. The molecule has 0 saturated heterocycles. The van der Waals surface area contributed by atoms with Gasteiger partial charge in [-0.25, -0.2) is 15.0 Å². The fraction of sp³-hybridized carbons (Fsp3) is 0.0833. The van der Waals surface area contributed by atoms with Gasteiger partial charge in [-0.2, -0.15) is 0 Å². The lowest BCUT2D eigenvalue weighted by atomic mass is 10.3. The van der Waals surface area contributed by atoms with Crippen molar-refractivity contribution in [2.75, 3.05) is 0 Å². The van der Waals surface area contributed by atoms with E-state index >= 15 is 0 Å². The van der Waals surface area contributed by atoms with Crippen molar-refractivity contribution in [2.24, 2.45) is 0 Å². The van der Waals surface area contributed by atoms with E-state index in [0.29, 0.717) is 0 Å². The summed E-state index contributed by atoms with van der Waals surface area (Å²) in [6.07, 6.45) is 1.59. The Balaban J connectivity index is 1.94. The van der Waals surface area contributed by atoms with Gasteiger partial charge >= 0.3 is 0 Å². The number of thiazole rings is 1. The van der Waals surface area contributed by atoms with Crippen LogP contribution in [0.15, 0.2) is 46.0 Å². The van der Waals surface area contributed by atoms with Crippen molar-refractivity contribution in [2.45, 2.75) is 16.3 Å². The van der Waals surface area contributed by atoms with E-state index in [1.807, 2.05) is 31.2 Å². The lowest BCUT2D eigenvalue weighted by Crippen LogP contribution is -1.84. The van der Waals surface area contributed by atoms with Crippen LogP contribution in [0.3, 0.4) is 0 Å². The number of hydrogen-bond donors (Lipinski definition) is 0. The Morgan fingerprint density at radius 2 is 2.06 bits per heavy atom. The molecule has 0 radical (unpaired) electrons. The minimum atomic E-state index is 0.941. The molecule has 17 heavy (non-hydrogen) atoms. The van der Waals surface area contributed by atoms with Crippen LogP contribution in [0, 0.1) is 6.92 Å². The summed E-state index contributed by atoms with van der Waals surface area (Å²) in [5, 5.41) is 0.941. The largest absolute Gasteiger partial charge is 0.242 e. The topological polar surface area (TPSA) is 38.7 Å². The average Bonchev–Trinajstić information content (AvgIpc) is 2.71. The standard InChI is InChI=1S/C12H9N3S2/c1-8-6-11(14-7-13-8)17-12-15-9-4-2-3-5-10(9)16-12/h2-7H,1H3. The first-order chi connectivity index (χ1) is 8.31. The van der Waals surface area contributed by atoms with Gasteiger partial charge in [-0.15, -0.1) is 11.3 Å². The summed E-state index contributed by atoms with van der Waals surface area (Å²) in [5.74, 6) is 0. The van der Waals surface area contributed by atoms with Gasteiger partial charge in [0.1, 0.15) is 11.4 Å². The molecule has 2 aromatic heterocycles. The SMILES string of the molecule is Cc1cc(Sc2nc3ccccc3s2)ncn1. The predicted octanol–water partition coefficient (Wildman–Crippen LogP) is 3.55. The molecular weight excluding hydrogens is 250 g/mol. The second-order valence-corrected chi connectivity index (χ2v) is 5.85. The van der Waals surface area contributed by atoms with E-state index in [0.717, 1.165) is 20.6 Å². The number of rotatable bonds is 2. The van der Waals surface area contributed by atoms with Crippen molar-refractivity contribution in [3.05, 3.63) is 42.4 Å². The van der Waals surface area contributed by atoms with Crippen LogP contribution in [0.1, 0.15) is 5.69 Å². The summed E-state index contributed by atoms with van der Waals surface area (Å²) in [4.78, 5) is 12.9. The maximum Gasteiger partial charge on any atom is 0.157 e. The molecule has 0 N–H and O–H groups in total. The van der Waals surface area contributed by atoms with Gasteiger partial charge in [-0.05, 0) is 36.9 Å². The molecule has 3 rings (SSSR count). The molecule has 0 spiro atoms. The fourth-order valence-corrected chi connectivity index (χ4v) is 3.51. The van der Waals surface area contributed by atoms with E-state index in [2.05, 4.69) is 21.0 Å². The normalized spacial score (nSPS) is 10.9. The van der Waals surface area contributed by atoms with Crippen LogP contribution >= 0.6 is 23.1 Å². The van der Waals surface area contributed by atoms with Crippen LogP contribution in [0.4, 0.5) is 0 Å². The van der Waals surface area contributed by atoms with Crippen LogP contribution in [0.25, 0.3) is 10.2 Å². The number of aromatic nitrogens is 3. The second-order valence-electron chi connectivity index (χ2n) is 3.55. The van der Waals surface area contributed by atoms with Crippen LogP contribution in [0.5, 0.6) is 0 Å². The zero-order valence-corrected chi connectivity index (χ0v) is 10.8. The Labute approximate surface area is 107 Å². The number of para-hydroxylation sites is 1. The zero-order valence-electron chi connectivity index (χ0n) is 9.12. The van der Waals surface area contributed by atoms with E-state index in [1.165, 1.54) is 4.70 Å². The molecule has 2 heterocycles. The number of aryl methyl sites for hydroxylation is 1. The first-order valence-corrected chi connectivity index (χ1v) is 6.77. The maximum absolute atomic E-state index is 4.56. The smallest absolute Gasteiger partial charge is 0.157 e. The molecule has 0 unspecified atom stereocenters. The fourth-order valence-electron chi connectivity index (χ4n) is 1.47. The molecular formula is C12H9N3S2. The molecule has 0 amide bonds. The summed E-state index contributed by atoms with van der Waals surface area (Å²) in [5.41, 5.74) is 2.02. The Morgan fingerprint density at radius 1 is 1.18 bits per heavy atom. The lowest BCUT2D eigenvalue weighted by molar-refractivity contribution is 1.01. The molecule has 0 atom stereocenters. The molecule has 0 saturated carbocycles. The lowest BCUT2D eigenvalue weighted by Gasteiger charge is -1.96. The van der Waals surface area contributed by atoms with E-state index in [4.69, 9.17) is 0 Å². The predicted molar refractivity (Wildman–Crippen MR) is 70.5 cm³/mol. The molecule has 0 aliphatic carbocycles. The van der Waals surface area contributed by atoms with Crippen molar-refractivity contribution in [1.29, 1.82) is 0 Å². The minimum absolute atomic E-state index is 0.941. The van der Waals surface area contributed by atoms with Crippen molar-refractivity contribution < 1.29 is 0 Å². The second kappa shape index (κ2) is 4.43. The van der Waals surface area contributed by atoms with Crippen molar-refractivity contribution in [1.82, 2.24) is 15.0 Å². The van der Waals surface area contributed by atoms with Gasteiger partial charge in [0.15, 0.2) is 4.34 Å². The quantitative estimate of drug-likeness (QED) is 0.660. The molecule has 0 fully saturated rings. The number of nitrogens with zero attached hydrogens (tertiary/aromatic N) is 3. The van der Waals surface area contributed by atoms with Crippen molar-refractivity contribution in [3.8, 4) is 0 Å². The van der Waals surface area contributed by atoms with Gasteiger partial charge < -0.3 is 0 Å². The number of hydrogen-bond acceptors (Lipinski definition) is 5. The van der Waals surface area contributed by atoms with E-state index in [9.17, 15) is 0 Å². The summed E-state index contributed by atoms with van der Waals surface area (Å²) in [6.45, 7) is 1.96. The summed E-state index contributed by atoms with van der Waals surface area (Å²) in [6, 6.07) is 10.1. The third-order valence-electron chi connectivity index (χ3n) is 2.24. The van der Waals surface area contributed by atoms with Gasteiger partial charge in [0.25, 0.3) is 0 Å². The Morgan fingerprint density at radius 3 is 2.88 bits per heavy atom. The third kappa shape index (κ3) is 2.30. The number of benzene rings is 1. The highest BCUT2D eigenvalue weighted by atomic mass is 32.2. The molecule has 1 aromatic carbocycles. The monoisotopic (exact) mass is 259 g/mol. The first kappa shape index (κ1) is 10.7. The molecule has 5 heteroatoms. The highest BCUT2D eigenvalue weighted by molar-refractivity contribution is 8.01. The molecule has 0 bridgehead atoms. The Bertz CT molecular complexity index is 630. The average molecular weight is 259 g/mol. The first-order valence-electron chi connectivity index (χ1n) is 5.13. The van der Waals surface area contributed by atoms with Gasteiger partial charge in [-0.3, -0.25) is 0 Å². The van der Waals surface area contributed by atoms with Crippen LogP contribution in [0.2, 0.25) is 0 Å². The van der Waals surface area contributed by atoms with Crippen LogP contribution in [-0.4, -0.2) is 15.0 Å². The van der Waals surface area contributed by atoms with Crippen LogP contribution < -0.4 is 0 Å². The third-order valence-corrected chi connectivity index (χ3v) is 4.27. The molecule has 3 aromatic rings. The summed E-state index contributed by atoms with van der Waals surface area (Å²) < 4.78 is 2.23. The molecule has 3 nitrogen and oxygen atoms in total. The highest BCUT2D eigenvalue weighted by Crippen LogP contribution is 2.33. The van der Waals surface area contributed by atoms with Gasteiger partial charge in [-0.1, -0.05) is 12.1 Å². The van der Waals surface area contributed by atoms with E-state index in [-0.39, 0.29) is 0 Å². The van der Waals surface area contributed by atoms with E-state index in [1.54, 1.807) is 29.4 Å². The summed E-state index contributed by atoms with van der Waals surface area (Å²) >= 11 is 3.27. The van der Waals surface area contributed by atoms with Gasteiger partial charge in [0.2, 0.25) is 0 Å². The maximum atomic E-state index is 4.56. The number of fused-ring (bicyclic) bond motifs is 1. The van der Waals surface area contributed by atoms with Crippen LogP contribution in [-0.2, 0) is 0 Å². The van der Waals surface area contributed by atoms with Gasteiger partial charge in [0, 0.05) is 5.69 Å². The molecule has 0 aliphatic rings. The Kier molecular flexibility index (Phi) is 2.78. The summed E-state index contributed by atoms with van der Waals surface area (Å²) in [7, 11) is 0. The van der Waals surface area contributed by atoms with E-state index < -0.39 is 0 Å². The molecule has 0 aliphatic heterocycles.